The van der Waals surface area contributed by atoms with Crippen molar-refractivity contribution in [2.24, 2.45) is 4.99 Å². The Morgan fingerprint density at radius 3 is 2.80 bits per heavy atom. The molecule has 100 valence electrons. The molecule has 0 unspecified atom stereocenters. The van der Waals surface area contributed by atoms with Gasteiger partial charge in [0.1, 0.15) is 0 Å². The van der Waals surface area contributed by atoms with Crippen LogP contribution in [0.4, 0.5) is 5.95 Å². The molecule has 0 fully saturated rings. The first kappa shape index (κ1) is 12.8. The van der Waals surface area contributed by atoms with Gasteiger partial charge in [-0.25, -0.2) is 9.51 Å². The molecular formula is C12H7Cl2N5O. The van der Waals surface area contributed by atoms with Crippen molar-refractivity contribution in [3.63, 3.8) is 0 Å². The van der Waals surface area contributed by atoms with Crippen molar-refractivity contribution >= 4 is 41.6 Å². The Kier molecular flexibility index (Phi) is 3.04. The van der Waals surface area contributed by atoms with Crippen LogP contribution in [-0.4, -0.2) is 26.3 Å². The van der Waals surface area contributed by atoms with E-state index in [1.807, 2.05) is 0 Å². The Morgan fingerprint density at radius 2 is 2.10 bits per heavy atom. The maximum atomic E-state index is 12.1. The molecule has 0 atom stereocenters. The Labute approximate surface area is 122 Å². The second-order valence-corrected chi connectivity index (χ2v) is 4.78. The molecule has 1 aromatic carbocycles. The lowest BCUT2D eigenvalue weighted by Gasteiger charge is -2.03. The maximum absolute atomic E-state index is 12.1. The number of H-pyrrole nitrogens is 1. The van der Waals surface area contributed by atoms with Gasteiger partial charge in [-0.05, 0) is 24.4 Å². The molecule has 3 aromatic rings. The van der Waals surface area contributed by atoms with E-state index in [1.54, 1.807) is 24.4 Å². The number of hydrogen-bond donors (Lipinski definition) is 1. The van der Waals surface area contributed by atoms with Gasteiger partial charge in [0.25, 0.3) is 11.5 Å². The van der Waals surface area contributed by atoms with E-state index in [0.29, 0.717) is 26.9 Å². The normalized spacial score (nSPS) is 10.9. The number of aromatic nitrogens is 4. The third kappa shape index (κ3) is 2.09. The average Bonchev–Trinajstić information content (AvgIpc) is 2.83. The first-order chi connectivity index (χ1) is 9.58. The minimum Gasteiger partial charge on any atom is -0.290 e. The summed E-state index contributed by atoms with van der Waals surface area (Å²) >= 11 is 11.8. The predicted molar refractivity (Wildman–Crippen MR) is 78.3 cm³/mol. The van der Waals surface area contributed by atoms with Crippen LogP contribution in [0.2, 0.25) is 10.0 Å². The fraction of sp³-hybridized carbons (Fsp3) is 0. The molecule has 2 aromatic heterocycles. The Morgan fingerprint density at radius 1 is 1.30 bits per heavy atom. The van der Waals surface area contributed by atoms with E-state index in [9.17, 15) is 4.79 Å². The Bertz CT molecular complexity index is 883. The minimum atomic E-state index is -0.307. The highest BCUT2D eigenvalue weighted by molar-refractivity contribution is 6.42. The highest BCUT2D eigenvalue weighted by atomic mass is 35.5. The molecule has 3 rings (SSSR count). The fourth-order valence-electron chi connectivity index (χ4n) is 1.77. The number of rotatable bonds is 2. The summed E-state index contributed by atoms with van der Waals surface area (Å²) in [7, 11) is 0. The van der Waals surface area contributed by atoms with E-state index in [-0.39, 0.29) is 11.5 Å². The van der Waals surface area contributed by atoms with Crippen molar-refractivity contribution in [3.05, 3.63) is 44.8 Å². The molecule has 0 radical (unpaired) electrons. The van der Waals surface area contributed by atoms with Gasteiger partial charge in [-0.15, -0.1) is 5.10 Å². The standard InChI is InChI=1S/C12H7Cl2N5O/c1-15-11-17-12-16-10(20)7(5-19(12)18-11)6-2-3-8(13)9(14)4-6/h2-5H,1H2,(H,16,17,18,20). The van der Waals surface area contributed by atoms with Gasteiger partial charge in [-0.3, -0.25) is 9.78 Å². The highest BCUT2D eigenvalue weighted by Gasteiger charge is 2.10. The molecule has 0 spiro atoms. The lowest BCUT2D eigenvalue weighted by Crippen LogP contribution is -2.11. The third-order valence-electron chi connectivity index (χ3n) is 2.71. The summed E-state index contributed by atoms with van der Waals surface area (Å²) in [6.07, 6.45) is 1.55. The molecule has 0 bridgehead atoms. The zero-order valence-corrected chi connectivity index (χ0v) is 11.5. The molecule has 6 nitrogen and oxygen atoms in total. The molecule has 0 aliphatic carbocycles. The molecule has 0 saturated carbocycles. The van der Waals surface area contributed by atoms with Gasteiger partial charge in [-0.2, -0.15) is 4.98 Å². The van der Waals surface area contributed by atoms with Gasteiger partial charge in [-0.1, -0.05) is 29.3 Å². The smallest absolute Gasteiger partial charge is 0.269 e. The molecule has 0 amide bonds. The first-order valence-electron chi connectivity index (χ1n) is 5.50. The Balaban J connectivity index is 2.24. The SMILES string of the molecule is C=Nc1nc2[nH]c(=O)c(-c3ccc(Cl)c(Cl)c3)cn2n1. The largest absolute Gasteiger partial charge is 0.290 e. The van der Waals surface area contributed by atoms with Crippen molar-refractivity contribution in [1.82, 2.24) is 19.6 Å². The Hall–Kier alpha value is -2.18. The van der Waals surface area contributed by atoms with Gasteiger partial charge in [0.2, 0.25) is 5.78 Å². The number of aromatic amines is 1. The monoisotopic (exact) mass is 307 g/mol. The van der Waals surface area contributed by atoms with E-state index >= 15 is 0 Å². The number of nitrogens with one attached hydrogen (secondary N) is 1. The van der Waals surface area contributed by atoms with Crippen LogP contribution in [0.1, 0.15) is 0 Å². The number of halogens is 2. The van der Waals surface area contributed by atoms with Crippen LogP contribution < -0.4 is 5.56 Å². The number of hydrogen-bond acceptors (Lipinski definition) is 4. The van der Waals surface area contributed by atoms with E-state index in [4.69, 9.17) is 23.2 Å². The van der Waals surface area contributed by atoms with Crippen molar-refractivity contribution in [2.45, 2.75) is 0 Å². The number of aliphatic imine (C=N–C) groups is 1. The summed E-state index contributed by atoms with van der Waals surface area (Å²) in [4.78, 5) is 22.3. The summed E-state index contributed by atoms with van der Waals surface area (Å²) in [6.45, 7) is 3.34. The molecule has 8 heteroatoms. The topological polar surface area (TPSA) is 75.4 Å². The van der Waals surface area contributed by atoms with Gasteiger partial charge < -0.3 is 0 Å². The summed E-state index contributed by atoms with van der Waals surface area (Å²) in [5.74, 6) is 0.480. The molecular weight excluding hydrogens is 301 g/mol. The highest BCUT2D eigenvalue weighted by Crippen LogP contribution is 2.26. The predicted octanol–water partition coefficient (Wildman–Crippen LogP) is 2.72. The van der Waals surface area contributed by atoms with Gasteiger partial charge in [0.05, 0.1) is 15.6 Å². The van der Waals surface area contributed by atoms with E-state index in [2.05, 4.69) is 26.8 Å². The average molecular weight is 308 g/mol. The summed E-state index contributed by atoms with van der Waals surface area (Å²) in [5, 5.41) is 4.84. The summed E-state index contributed by atoms with van der Waals surface area (Å²) in [5.41, 5.74) is 0.724. The quantitative estimate of drug-likeness (QED) is 0.740. The lowest BCUT2D eigenvalue weighted by atomic mass is 10.1. The van der Waals surface area contributed by atoms with Gasteiger partial charge in [0, 0.05) is 6.20 Å². The zero-order chi connectivity index (χ0) is 14.3. The van der Waals surface area contributed by atoms with E-state index in [1.165, 1.54) is 4.52 Å². The van der Waals surface area contributed by atoms with Crippen LogP contribution in [0.5, 0.6) is 0 Å². The van der Waals surface area contributed by atoms with Crippen LogP contribution in [0.15, 0.2) is 34.2 Å². The summed E-state index contributed by atoms with van der Waals surface area (Å²) < 4.78 is 1.42. The van der Waals surface area contributed by atoms with E-state index in [0.717, 1.165) is 0 Å². The van der Waals surface area contributed by atoms with Crippen LogP contribution in [0.3, 0.4) is 0 Å². The molecule has 20 heavy (non-hydrogen) atoms. The van der Waals surface area contributed by atoms with Crippen LogP contribution in [0.25, 0.3) is 16.9 Å². The van der Waals surface area contributed by atoms with Gasteiger partial charge in [0.15, 0.2) is 0 Å². The molecule has 0 aliphatic heterocycles. The first-order valence-corrected chi connectivity index (χ1v) is 6.26. The zero-order valence-electron chi connectivity index (χ0n) is 9.97. The van der Waals surface area contributed by atoms with Crippen molar-refractivity contribution in [1.29, 1.82) is 0 Å². The number of fused-ring (bicyclic) bond motifs is 1. The minimum absolute atomic E-state index is 0.187. The van der Waals surface area contributed by atoms with Crippen molar-refractivity contribution in [3.8, 4) is 11.1 Å². The second-order valence-electron chi connectivity index (χ2n) is 3.96. The number of benzene rings is 1. The number of nitrogens with zero attached hydrogens (tertiary/aromatic N) is 4. The molecule has 1 N–H and O–H groups in total. The summed E-state index contributed by atoms with van der Waals surface area (Å²) in [6, 6.07) is 4.94. The maximum Gasteiger partial charge on any atom is 0.269 e. The fourth-order valence-corrected chi connectivity index (χ4v) is 2.07. The molecule has 0 aliphatic rings. The van der Waals surface area contributed by atoms with Crippen molar-refractivity contribution < 1.29 is 0 Å². The van der Waals surface area contributed by atoms with Gasteiger partial charge >= 0.3 is 0 Å². The second kappa shape index (κ2) is 4.73. The van der Waals surface area contributed by atoms with Crippen LogP contribution in [0, 0.1) is 0 Å². The molecule has 2 heterocycles. The van der Waals surface area contributed by atoms with Crippen molar-refractivity contribution in [2.75, 3.05) is 0 Å². The van der Waals surface area contributed by atoms with E-state index < -0.39 is 0 Å². The van der Waals surface area contributed by atoms with Crippen LogP contribution >= 0.6 is 23.2 Å². The molecule has 0 saturated heterocycles. The van der Waals surface area contributed by atoms with Crippen LogP contribution in [-0.2, 0) is 0 Å². The third-order valence-corrected chi connectivity index (χ3v) is 3.45. The lowest BCUT2D eigenvalue weighted by molar-refractivity contribution is 0.932.